The summed E-state index contributed by atoms with van der Waals surface area (Å²) in [5.74, 6) is -0.925. The maximum Gasteiger partial charge on any atom is 0.330 e. The Bertz CT molecular complexity index is 2520. The maximum atomic E-state index is 13.6. The molecule has 2 fully saturated rings. The van der Waals surface area contributed by atoms with Crippen molar-refractivity contribution in [1.82, 2.24) is 0 Å². The number of carbonyl (C=O) groups is 5. The Balaban J connectivity index is 0.924. The van der Waals surface area contributed by atoms with E-state index in [0.29, 0.717) is 121 Å². The molecule has 0 radical (unpaired) electrons. The lowest BCUT2D eigenvalue weighted by atomic mass is 9.81. The highest BCUT2D eigenvalue weighted by molar-refractivity contribution is 8.24. The van der Waals surface area contributed by atoms with Crippen LogP contribution in [0.1, 0.15) is 103 Å². The van der Waals surface area contributed by atoms with Gasteiger partial charge in [0, 0.05) is 18.1 Å². The third kappa shape index (κ3) is 17.5. The number of carbonyl (C=O) groups excluding carboxylic acids is 5. The van der Waals surface area contributed by atoms with Crippen molar-refractivity contribution >= 4 is 53.4 Å². The van der Waals surface area contributed by atoms with Gasteiger partial charge in [0.2, 0.25) is 0 Å². The van der Waals surface area contributed by atoms with Crippen LogP contribution in [-0.2, 0) is 33.4 Å². The number of thioether (sulfide) groups is 2. The van der Waals surface area contributed by atoms with Crippen molar-refractivity contribution in [1.29, 1.82) is 10.5 Å². The first-order chi connectivity index (χ1) is 36.0. The van der Waals surface area contributed by atoms with Crippen LogP contribution in [0.25, 0.3) is 0 Å². The van der Waals surface area contributed by atoms with Gasteiger partial charge in [0.1, 0.15) is 52.2 Å². The molecule has 0 bridgehead atoms. The van der Waals surface area contributed by atoms with Crippen molar-refractivity contribution in [2.45, 2.75) is 119 Å². The predicted octanol–water partition coefficient (Wildman–Crippen LogP) is 10.9. The highest BCUT2D eigenvalue weighted by Crippen LogP contribution is 2.59. The molecule has 0 aromatic heterocycles. The molecule has 1 heterocycles. The number of hydrogen-bond donors (Lipinski definition) is 1. The average Bonchev–Trinajstić information content (AvgIpc) is 3.88. The number of allylic oxidation sites excluding steroid dienone is 1. The topological polar surface area (TPSA) is 227 Å². The van der Waals surface area contributed by atoms with Crippen molar-refractivity contribution in [3.05, 3.63) is 95.8 Å². The Kier molecular flexibility index (Phi) is 22.8. The number of aliphatic hydroxyl groups excluding tert-OH is 1. The van der Waals surface area contributed by atoms with Gasteiger partial charge in [-0.3, -0.25) is 14.4 Å². The van der Waals surface area contributed by atoms with Gasteiger partial charge in [-0.25, -0.2) is 9.59 Å². The number of unbranched alkanes of at least 4 members (excludes halogenated alkanes) is 6. The fraction of sp³-hybridized carbons (Fsp3) is 0.446. The fourth-order valence-electron chi connectivity index (χ4n) is 8.51. The number of fused-ring (bicyclic) bond motifs is 1. The van der Waals surface area contributed by atoms with Crippen LogP contribution in [0.15, 0.2) is 106 Å². The monoisotopic (exact) mass is 1050 g/mol. The van der Waals surface area contributed by atoms with Gasteiger partial charge in [0.05, 0.1) is 58.2 Å². The zero-order valence-corrected chi connectivity index (χ0v) is 43.0. The number of esters is 5. The molecule has 16 nitrogen and oxygen atoms in total. The lowest BCUT2D eigenvalue weighted by Crippen LogP contribution is -2.33. The standard InChI is InChI=1S/C56H62N2O14S2/c1-3-48(59)67-33-11-7-5-9-31-65-42-21-25-44(26-22-42)69-52(61)37-13-17-39(18-14-37)54(63)71-46-29-30-47(51-50(46)73-56(74-51)41(35-57)36-58)72-55(64)40-19-15-38(16-20-40)53(62)70-45-27-23-43(24-28-45)66-32-10-6-8-12-34-68-49(60)4-2/h3-4,21-30,37-40,54,63H,1-2,5-20,31-34H2. The third-order valence-electron chi connectivity index (χ3n) is 12.7. The molecule has 74 heavy (non-hydrogen) atoms. The second kappa shape index (κ2) is 29.8. The SMILES string of the molecule is C=CC(=O)OCCCCCCOc1ccc(OC(=O)C2CCC(C(=O)Oc3ccc(OC(O)C4CCC(C(=O)Oc5ccc(OCCCCCCOC(=O)C=C)cc5)CC4)c4c3SC(=C(C#N)C#N)S4)CC2)cc1. The first-order valence-electron chi connectivity index (χ1n) is 25.1. The first kappa shape index (κ1) is 56.6. The van der Waals surface area contributed by atoms with Gasteiger partial charge in [0.15, 0.2) is 6.29 Å². The molecule has 0 saturated heterocycles. The first-order valence-corrected chi connectivity index (χ1v) is 26.7. The summed E-state index contributed by atoms with van der Waals surface area (Å²) in [7, 11) is 0. The summed E-state index contributed by atoms with van der Waals surface area (Å²) in [6.07, 6.45) is 11.6. The second-order valence-electron chi connectivity index (χ2n) is 18.0. The summed E-state index contributed by atoms with van der Waals surface area (Å²) in [6.45, 7) is 8.54. The summed E-state index contributed by atoms with van der Waals surface area (Å²) in [4.78, 5) is 63.1. The minimum absolute atomic E-state index is 0.111. The molecule has 1 atom stereocenters. The Morgan fingerprint density at radius 3 is 1.35 bits per heavy atom. The molecule has 2 saturated carbocycles. The summed E-state index contributed by atoms with van der Waals surface area (Å²) >= 11 is 2.24. The van der Waals surface area contributed by atoms with Crippen LogP contribution >= 0.6 is 23.5 Å². The van der Waals surface area contributed by atoms with Crippen LogP contribution in [0.5, 0.6) is 34.5 Å². The summed E-state index contributed by atoms with van der Waals surface area (Å²) in [5, 5.41) is 30.7. The van der Waals surface area contributed by atoms with E-state index in [2.05, 4.69) is 13.2 Å². The molecule has 1 aliphatic heterocycles. The molecule has 18 heteroatoms. The van der Waals surface area contributed by atoms with Crippen LogP contribution in [0.4, 0.5) is 0 Å². The number of aliphatic hydroxyl groups is 1. The molecule has 2 aliphatic carbocycles. The van der Waals surface area contributed by atoms with Crippen molar-refractivity contribution in [2.24, 2.45) is 23.7 Å². The minimum Gasteiger partial charge on any atom is -0.494 e. The Morgan fingerprint density at radius 1 is 0.541 bits per heavy atom. The van der Waals surface area contributed by atoms with Gasteiger partial charge >= 0.3 is 29.8 Å². The van der Waals surface area contributed by atoms with E-state index in [4.69, 9.17) is 37.9 Å². The molecule has 3 aromatic rings. The smallest absolute Gasteiger partial charge is 0.330 e. The van der Waals surface area contributed by atoms with E-state index in [0.717, 1.165) is 87.0 Å². The van der Waals surface area contributed by atoms with Crippen molar-refractivity contribution in [2.75, 3.05) is 26.4 Å². The van der Waals surface area contributed by atoms with E-state index in [9.17, 15) is 39.6 Å². The number of hydrogen-bond acceptors (Lipinski definition) is 18. The summed E-state index contributed by atoms with van der Waals surface area (Å²) in [6, 6.07) is 20.7. The van der Waals surface area contributed by atoms with E-state index >= 15 is 0 Å². The minimum atomic E-state index is -1.24. The van der Waals surface area contributed by atoms with Gasteiger partial charge in [-0.15, -0.1) is 0 Å². The van der Waals surface area contributed by atoms with Crippen LogP contribution in [0.3, 0.4) is 0 Å². The molecule has 0 amide bonds. The van der Waals surface area contributed by atoms with Crippen molar-refractivity contribution in [3.63, 3.8) is 0 Å². The van der Waals surface area contributed by atoms with Gasteiger partial charge < -0.3 is 43.0 Å². The zero-order valence-electron chi connectivity index (χ0n) is 41.3. The quantitative estimate of drug-likeness (QED) is 0.0187. The second-order valence-corrected chi connectivity index (χ2v) is 20.3. The molecule has 3 aliphatic rings. The Labute approximate surface area is 440 Å². The van der Waals surface area contributed by atoms with Crippen LogP contribution in [-0.4, -0.2) is 67.7 Å². The Morgan fingerprint density at radius 2 is 0.919 bits per heavy atom. The summed E-state index contributed by atoms with van der Waals surface area (Å²) < 4.78 is 45.4. The van der Waals surface area contributed by atoms with Crippen LogP contribution in [0.2, 0.25) is 0 Å². The largest absolute Gasteiger partial charge is 0.494 e. The number of nitriles is 2. The number of ether oxygens (including phenoxy) is 8. The van der Waals surface area contributed by atoms with Gasteiger partial charge in [-0.05, 0) is 163 Å². The number of rotatable bonds is 27. The molecular weight excluding hydrogens is 989 g/mol. The van der Waals surface area contributed by atoms with E-state index in [-0.39, 0.29) is 35.1 Å². The third-order valence-corrected chi connectivity index (χ3v) is 15.4. The van der Waals surface area contributed by atoms with Crippen molar-refractivity contribution in [3.8, 4) is 46.6 Å². The molecule has 6 rings (SSSR count). The highest BCUT2D eigenvalue weighted by atomic mass is 32.2. The molecule has 392 valence electrons. The molecule has 3 aromatic carbocycles. The van der Waals surface area contributed by atoms with Crippen LogP contribution in [0, 0.1) is 46.3 Å². The van der Waals surface area contributed by atoms with Crippen molar-refractivity contribution < 1.29 is 67.0 Å². The summed E-state index contributed by atoms with van der Waals surface area (Å²) in [5.41, 5.74) is -0.111. The molecule has 1 N–H and O–H groups in total. The molecule has 1 unspecified atom stereocenters. The molecule has 0 spiro atoms. The lowest BCUT2D eigenvalue weighted by molar-refractivity contribution is -0.145. The zero-order chi connectivity index (χ0) is 52.7. The highest BCUT2D eigenvalue weighted by Gasteiger charge is 2.36. The normalized spacial score (nSPS) is 18.2. The van der Waals surface area contributed by atoms with Gasteiger partial charge in [-0.2, -0.15) is 10.5 Å². The van der Waals surface area contributed by atoms with Crippen LogP contribution < -0.4 is 28.4 Å². The van der Waals surface area contributed by atoms with E-state index in [1.165, 1.54) is 0 Å². The lowest BCUT2D eigenvalue weighted by Gasteiger charge is -2.30. The van der Waals surface area contributed by atoms with Gasteiger partial charge in [0.25, 0.3) is 0 Å². The van der Waals surface area contributed by atoms with Gasteiger partial charge in [-0.1, -0.05) is 36.7 Å². The van der Waals surface area contributed by atoms with E-state index in [1.807, 2.05) is 12.1 Å². The fourth-order valence-corrected chi connectivity index (χ4v) is 11.0. The number of benzene rings is 3. The van der Waals surface area contributed by atoms with E-state index in [1.54, 1.807) is 60.7 Å². The Hall–Kier alpha value is -6.73. The predicted molar refractivity (Wildman–Crippen MR) is 274 cm³/mol. The maximum absolute atomic E-state index is 13.6. The number of nitrogens with zero attached hydrogens (tertiary/aromatic N) is 2. The average molecular weight is 1050 g/mol. The molecular formula is C56H62N2O14S2. The van der Waals surface area contributed by atoms with E-state index < -0.39 is 36.0 Å².